The quantitative estimate of drug-likeness (QED) is 0.401. The molecule has 1 aliphatic carbocycles. The van der Waals surface area contributed by atoms with E-state index in [-0.39, 0.29) is 29.3 Å². The van der Waals surface area contributed by atoms with Crippen molar-refractivity contribution in [3.8, 4) is 0 Å². The summed E-state index contributed by atoms with van der Waals surface area (Å²) in [6, 6.07) is 0. The monoisotopic (exact) mass is 301 g/mol. The van der Waals surface area contributed by atoms with E-state index in [1.165, 1.54) is 6.42 Å². The molecular formula is C13H23N3O3S. The average Bonchev–Trinajstić information content (AvgIpc) is 2.46. The summed E-state index contributed by atoms with van der Waals surface area (Å²) < 4.78 is 5.06. The fourth-order valence-electron chi connectivity index (χ4n) is 2.11. The number of ether oxygens (including phenoxy) is 1. The van der Waals surface area contributed by atoms with Gasteiger partial charge in [-0.2, -0.15) is 0 Å². The van der Waals surface area contributed by atoms with Crippen LogP contribution in [0.1, 0.15) is 45.4 Å². The number of thiocarbonyl (C=S) groups is 1. The van der Waals surface area contributed by atoms with Crippen LogP contribution in [0, 0.1) is 5.92 Å². The zero-order valence-electron chi connectivity index (χ0n) is 11.9. The lowest BCUT2D eigenvalue weighted by molar-refractivity contribution is -0.125. The Kier molecular flexibility index (Phi) is 8.13. The number of rotatable bonds is 5. The molecule has 0 heterocycles. The number of amides is 2. The lowest BCUT2D eigenvalue weighted by atomic mass is 9.89. The zero-order chi connectivity index (χ0) is 14.8. The van der Waals surface area contributed by atoms with Gasteiger partial charge in [-0.3, -0.25) is 20.4 Å². The maximum atomic E-state index is 11.9. The molecule has 0 aromatic heterocycles. The normalized spacial score (nSPS) is 15.4. The summed E-state index contributed by atoms with van der Waals surface area (Å²) in [5, 5.41) is 2.74. The molecule has 114 valence electrons. The third-order valence-corrected chi connectivity index (χ3v) is 3.41. The van der Waals surface area contributed by atoms with Gasteiger partial charge in [0.15, 0.2) is 5.11 Å². The second-order valence-electron chi connectivity index (χ2n) is 4.77. The molecule has 3 N–H and O–H groups in total. The Morgan fingerprint density at radius 1 is 1.20 bits per heavy atom. The van der Waals surface area contributed by atoms with Gasteiger partial charge in [-0.1, -0.05) is 19.3 Å². The Hall–Kier alpha value is -1.21. The lowest BCUT2D eigenvalue weighted by Crippen LogP contribution is -2.50. The Balaban J connectivity index is 2.15. The molecule has 7 heteroatoms. The average molecular weight is 301 g/mol. The number of hydrazine groups is 1. The van der Waals surface area contributed by atoms with Crippen molar-refractivity contribution in [2.45, 2.75) is 45.4 Å². The second kappa shape index (κ2) is 9.66. The number of nitrogens with one attached hydrogen (secondary N) is 3. The van der Waals surface area contributed by atoms with Gasteiger partial charge in [-0.15, -0.1) is 0 Å². The van der Waals surface area contributed by atoms with Crippen molar-refractivity contribution >= 4 is 29.1 Å². The predicted molar refractivity (Wildman–Crippen MR) is 79.7 cm³/mol. The minimum atomic E-state index is -0.229. The van der Waals surface area contributed by atoms with Gasteiger partial charge in [0.05, 0.1) is 13.0 Å². The summed E-state index contributed by atoms with van der Waals surface area (Å²) in [6.45, 7) is 2.81. The molecule has 1 aliphatic rings. The van der Waals surface area contributed by atoms with Crippen molar-refractivity contribution in [1.82, 2.24) is 16.2 Å². The largest absolute Gasteiger partial charge is 0.381 e. The van der Waals surface area contributed by atoms with E-state index in [2.05, 4.69) is 16.2 Å². The second-order valence-corrected chi connectivity index (χ2v) is 5.18. The van der Waals surface area contributed by atoms with Gasteiger partial charge in [0.1, 0.15) is 0 Å². The number of carbonyl (C=O) groups excluding carboxylic acids is 2. The van der Waals surface area contributed by atoms with Gasteiger partial charge >= 0.3 is 0 Å². The SMILES string of the molecule is CCOCCC(=O)NNC(=S)NC(=O)C1CCCCC1. The molecular weight excluding hydrogens is 278 g/mol. The molecule has 0 unspecified atom stereocenters. The van der Waals surface area contributed by atoms with Gasteiger partial charge in [-0.25, -0.2) is 0 Å². The van der Waals surface area contributed by atoms with Gasteiger partial charge < -0.3 is 10.1 Å². The molecule has 1 rings (SSSR count). The van der Waals surface area contributed by atoms with E-state index in [9.17, 15) is 9.59 Å². The zero-order valence-corrected chi connectivity index (χ0v) is 12.7. The van der Waals surface area contributed by atoms with Crippen molar-refractivity contribution in [3.05, 3.63) is 0 Å². The van der Waals surface area contributed by atoms with E-state index in [0.717, 1.165) is 25.7 Å². The molecule has 1 fully saturated rings. The highest BCUT2D eigenvalue weighted by molar-refractivity contribution is 7.80. The topological polar surface area (TPSA) is 79.5 Å². The molecule has 6 nitrogen and oxygen atoms in total. The van der Waals surface area contributed by atoms with Crippen LogP contribution in [0.25, 0.3) is 0 Å². The van der Waals surface area contributed by atoms with Gasteiger partial charge in [0, 0.05) is 12.5 Å². The third-order valence-electron chi connectivity index (χ3n) is 3.21. The summed E-state index contributed by atoms with van der Waals surface area (Å²) in [6.07, 6.45) is 5.45. The van der Waals surface area contributed by atoms with Crippen molar-refractivity contribution in [1.29, 1.82) is 0 Å². The highest BCUT2D eigenvalue weighted by atomic mass is 32.1. The van der Waals surface area contributed by atoms with Crippen LogP contribution in [0.3, 0.4) is 0 Å². The van der Waals surface area contributed by atoms with Crippen LogP contribution in [0.4, 0.5) is 0 Å². The van der Waals surface area contributed by atoms with Gasteiger partial charge in [-0.05, 0) is 32.0 Å². The van der Waals surface area contributed by atoms with E-state index < -0.39 is 0 Å². The standard InChI is InChI=1S/C13H23N3O3S/c1-2-19-9-8-11(17)15-16-13(20)14-12(18)10-6-4-3-5-7-10/h10H,2-9H2,1H3,(H,15,17)(H2,14,16,18,20). The maximum Gasteiger partial charge on any atom is 0.240 e. The highest BCUT2D eigenvalue weighted by Crippen LogP contribution is 2.23. The first kappa shape index (κ1) is 16.8. The van der Waals surface area contributed by atoms with Gasteiger partial charge in [0.2, 0.25) is 11.8 Å². The first-order valence-electron chi connectivity index (χ1n) is 7.11. The van der Waals surface area contributed by atoms with Crippen LogP contribution in [0.5, 0.6) is 0 Å². The van der Waals surface area contributed by atoms with E-state index in [0.29, 0.717) is 13.2 Å². The van der Waals surface area contributed by atoms with E-state index in [1.54, 1.807) is 0 Å². The molecule has 0 bridgehead atoms. The first-order chi connectivity index (χ1) is 9.63. The van der Waals surface area contributed by atoms with Crippen LogP contribution in [-0.2, 0) is 14.3 Å². The Labute approximate surface area is 125 Å². The summed E-state index contributed by atoms with van der Waals surface area (Å²) >= 11 is 4.96. The molecule has 20 heavy (non-hydrogen) atoms. The van der Waals surface area contributed by atoms with Crippen molar-refractivity contribution in [2.24, 2.45) is 5.92 Å². The van der Waals surface area contributed by atoms with Crippen molar-refractivity contribution in [2.75, 3.05) is 13.2 Å². The minimum Gasteiger partial charge on any atom is -0.381 e. The van der Waals surface area contributed by atoms with E-state index in [4.69, 9.17) is 17.0 Å². The Morgan fingerprint density at radius 3 is 2.55 bits per heavy atom. The minimum absolute atomic E-state index is 0.0390. The lowest BCUT2D eigenvalue weighted by Gasteiger charge is -2.21. The molecule has 0 spiro atoms. The molecule has 0 aromatic rings. The summed E-state index contributed by atoms with van der Waals surface area (Å²) in [7, 11) is 0. The number of hydrogen-bond acceptors (Lipinski definition) is 4. The smallest absolute Gasteiger partial charge is 0.240 e. The van der Waals surface area contributed by atoms with Crippen LogP contribution < -0.4 is 16.2 Å². The number of hydrogen-bond donors (Lipinski definition) is 3. The molecule has 0 atom stereocenters. The fraction of sp³-hybridized carbons (Fsp3) is 0.769. The van der Waals surface area contributed by atoms with Gasteiger partial charge in [0.25, 0.3) is 0 Å². The van der Waals surface area contributed by atoms with Crippen molar-refractivity contribution in [3.63, 3.8) is 0 Å². The highest BCUT2D eigenvalue weighted by Gasteiger charge is 2.21. The molecule has 0 saturated heterocycles. The Bertz CT molecular complexity index is 344. The molecule has 0 aromatic carbocycles. The number of carbonyl (C=O) groups is 2. The molecule has 1 saturated carbocycles. The predicted octanol–water partition coefficient (Wildman–Crippen LogP) is 1.02. The fourth-order valence-corrected chi connectivity index (χ4v) is 2.26. The summed E-state index contributed by atoms with van der Waals surface area (Å²) in [4.78, 5) is 23.3. The van der Waals surface area contributed by atoms with Crippen LogP contribution >= 0.6 is 12.2 Å². The Morgan fingerprint density at radius 2 is 1.90 bits per heavy atom. The maximum absolute atomic E-state index is 11.9. The summed E-state index contributed by atoms with van der Waals surface area (Å²) in [5.74, 6) is -0.254. The van der Waals surface area contributed by atoms with Crippen LogP contribution in [0.15, 0.2) is 0 Å². The molecule has 0 radical (unpaired) electrons. The van der Waals surface area contributed by atoms with Crippen LogP contribution in [-0.4, -0.2) is 30.1 Å². The van der Waals surface area contributed by atoms with Crippen LogP contribution in [0.2, 0.25) is 0 Å². The van der Waals surface area contributed by atoms with Crippen molar-refractivity contribution < 1.29 is 14.3 Å². The molecule has 2 amide bonds. The molecule has 0 aliphatic heterocycles. The van der Waals surface area contributed by atoms with E-state index >= 15 is 0 Å². The third kappa shape index (κ3) is 6.81. The summed E-state index contributed by atoms with van der Waals surface area (Å²) in [5.41, 5.74) is 4.95. The van der Waals surface area contributed by atoms with E-state index in [1.807, 2.05) is 6.92 Å². The first-order valence-corrected chi connectivity index (χ1v) is 7.51.